The van der Waals surface area contributed by atoms with Gasteiger partial charge in [0.15, 0.2) is 0 Å². The maximum atomic E-state index is 12.5. The van der Waals surface area contributed by atoms with Gasteiger partial charge in [-0.3, -0.25) is 9.59 Å². The minimum absolute atomic E-state index is 0.0270. The second-order valence-electron chi connectivity index (χ2n) is 8.36. The van der Waals surface area contributed by atoms with Crippen LogP contribution in [-0.2, 0) is 27.3 Å². The van der Waals surface area contributed by atoms with E-state index in [1.54, 1.807) is 5.38 Å². The summed E-state index contributed by atoms with van der Waals surface area (Å²) in [5.74, 6) is -1.21. The third-order valence-electron chi connectivity index (χ3n) is 5.96. The topological polar surface area (TPSA) is 118 Å². The molecule has 9 heteroatoms. The monoisotopic (exact) mass is 493 g/mol. The van der Waals surface area contributed by atoms with Crippen molar-refractivity contribution in [3.05, 3.63) is 75.7 Å². The van der Waals surface area contributed by atoms with Crippen LogP contribution in [0.2, 0.25) is 0 Å². The molecule has 0 fully saturated rings. The number of carbonyl (C=O) groups excluding carboxylic acids is 2. The standard InChI is InChI=1S/C26H27N3O5S/c1-2-16(11-23(30)27-13-24-28-17(15-35-24)12-25(31)32)29-26(33)34-14-22-20-9-5-3-7-18(20)19-8-4-6-10-21(19)22/h3-10,15-16,22H,2,11-14H2,1H3,(H,27,30)(H,29,33)(H,31,32)/t16-/m1/s1. The summed E-state index contributed by atoms with van der Waals surface area (Å²) in [6.45, 7) is 2.32. The molecule has 0 saturated heterocycles. The smallest absolute Gasteiger partial charge is 0.407 e. The Bertz CT molecular complexity index is 1180. The predicted molar refractivity (Wildman–Crippen MR) is 132 cm³/mol. The third-order valence-corrected chi connectivity index (χ3v) is 6.86. The highest BCUT2D eigenvalue weighted by Crippen LogP contribution is 2.44. The normalized spacial score (nSPS) is 12.9. The summed E-state index contributed by atoms with van der Waals surface area (Å²) in [7, 11) is 0. The van der Waals surface area contributed by atoms with Crippen molar-refractivity contribution >= 4 is 29.3 Å². The number of hydrogen-bond acceptors (Lipinski definition) is 6. The van der Waals surface area contributed by atoms with Crippen molar-refractivity contribution in [1.29, 1.82) is 0 Å². The molecule has 8 nitrogen and oxygen atoms in total. The summed E-state index contributed by atoms with van der Waals surface area (Å²) in [6.07, 6.45) is -0.0253. The van der Waals surface area contributed by atoms with Gasteiger partial charge in [-0.15, -0.1) is 11.3 Å². The summed E-state index contributed by atoms with van der Waals surface area (Å²) < 4.78 is 5.58. The number of nitrogens with one attached hydrogen (secondary N) is 2. The van der Waals surface area contributed by atoms with Crippen molar-refractivity contribution < 1.29 is 24.2 Å². The lowest BCUT2D eigenvalue weighted by atomic mass is 9.98. The quantitative estimate of drug-likeness (QED) is 0.392. The number of carboxylic acid groups (broad SMARTS) is 1. The highest BCUT2D eigenvalue weighted by atomic mass is 32.1. The van der Waals surface area contributed by atoms with Crippen molar-refractivity contribution in [3.63, 3.8) is 0 Å². The molecule has 1 atom stereocenters. The third kappa shape index (κ3) is 6.05. The molecular formula is C26H27N3O5S. The number of benzene rings is 2. The molecule has 1 aliphatic carbocycles. The van der Waals surface area contributed by atoms with Crippen molar-refractivity contribution in [2.75, 3.05) is 6.61 Å². The van der Waals surface area contributed by atoms with Crippen LogP contribution in [0.1, 0.15) is 47.5 Å². The first-order valence-electron chi connectivity index (χ1n) is 11.5. The van der Waals surface area contributed by atoms with Crippen molar-refractivity contribution in [1.82, 2.24) is 15.6 Å². The van der Waals surface area contributed by atoms with Crippen LogP contribution in [0.25, 0.3) is 11.1 Å². The van der Waals surface area contributed by atoms with Gasteiger partial charge in [0.1, 0.15) is 11.6 Å². The second kappa shape index (κ2) is 11.1. The Morgan fingerprint density at radius 3 is 2.37 bits per heavy atom. The highest BCUT2D eigenvalue weighted by molar-refractivity contribution is 7.09. The van der Waals surface area contributed by atoms with E-state index in [1.165, 1.54) is 11.3 Å². The minimum atomic E-state index is -0.948. The first-order chi connectivity index (χ1) is 16.9. The number of rotatable bonds is 10. The fourth-order valence-electron chi connectivity index (χ4n) is 4.24. The molecule has 2 aromatic carbocycles. The number of alkyl carbamates (subject to hydrolysis) is 1. The zero-order chi connectivity index (χ0) is 24.8. The van der Waals surface area contributed by atoms with Crippen LogP contribution in [-0.4, -0.2) is 40.7 Å². The molecule has 0 unspecified atom stereocenters. The van der Waals surface area contributed by atoms with Gasteiger partial charge in [-0.1, -0.05) is 55.5 Å². The number of amides is 2. The van der Waals surface area contributed by atoms with Crippen LogP contribution in [0, 0.1) is 0 Å². The molecule has 0 saturated carbocycles. The summed E-state index contributed by atoms with van der Waals surface area (Å²) in [4.78, 5) is 39.9. The first-order valence-corrected chi connectivity index (χ1v) is 12.4. The summed E-state index contributed by atoms with van der Waals surface area (Å²) in [5, 5.41) is 16.7. The minimum Gasteiger partial charge on any atom is -0.481 e. The second-order valence-corrected chi connectivity index (χ2v) is 9.30. The van der Waals surface area contributed by atoms with Crippen molar-refractivity contribution in [3.8, 4) is 11.1 Å². The number of carbonyl (C=O) groups is 3. The zero-order valence-corrected chi connectivity index (χ0v) is 20.1. The van der Waals surface area contributed by atoms with Gasteiger partial charge in [0.25, 0.3) is 0 Å². The number of carboxylic acids is 1. The zero-order valence-electron chi connectivity index (χ0n) is 19.3. The summed E-state index contributed by atoms with van der Waals surface area (Å²) in [6, 6.07) is 15.9. The van der Waals surface area contributed by atoms with Gasteiger partial charge in [0.2, 0.25) is 5.91 Å². The number of hydrogen-bond donors (Lipinski definition) is 3. The van der Waals surface area contributed by atoms with E-state index in [9.17, 15) is 14.4 Å². The average Bonchev–Trinajstić information content (AvgIpc) is 3.42. The van der Waals surface area contributed by atoms with Crippen LogP contribution in [0.5, 0.6) is 0 Å². The van der Waals surface area contributed by atoms with Crippen LogP contribution in [0.3, 0.4) is 0 Å². The molecule has 0 radical (unpaired) electrons. The lowest BCUT2D eigenvalue weighted by Gasteiger charge is -2.18. The summed E-state index contributed by atoms with van der Waals surface area (Å²) >= 11 is 1.30. The molecule has 0 bridgehead atoms. The van der Waals surface area contributed by atoms with E-state index in [1.807, 2.05) is 31.2 Å². The van der Waals surface area contributed by atoms with Crippen molar-refractivity contribution in [2.45, 2.75) is 44.7 Å². The Kier molecular flexibility index (Phi) is 7.77. The van der Waals surface area contributed by atoms with Crippen LogP contribution in [0.15, 0.2) is 53.9 Å². The van der Waals surface area contributed by atoms with E-state index >= 15 is 0 Å². The Morgan fingerprint density at radius 1 is 1.09 bits per heavy atom. The van der Waals surface area contributed by atoms with Crippen molar-refractivity contribution in [2.24, 2.45) is 0 Å². The van der Waals surface area contributed by atoms with E-state index in [2.05, 4.69) is 39.9 Å². The molecule has 3 N–H and O–H groups in total. The number of aromatic nitrogens is 1. The van der Waals surface area contributed by atoms with Crippen LogP contribution in [0.4, 0.5) is 4.79 Å². The summed E-state index contributed by atoms with van der Waals surface area (Å²) in [5.41, 5.74) is 5.07. The van der Waals surface area contributed by atoms with E-state index in [0.29, 0.717) is 17.1 Å². The largest absolute Gasteiger partial charge is 0.481 e. The fourth-order valence-corrected chi connectivity index (χ4v) is 4.97. The van der Waals surface area contributed by atoms with Gasteiger partial charge >= 0.3 is 12.1 Å². The number of thiazole rings is 1. The number of fused-ring (bicyclic) bond motifs is 3. The van der Waals surface area contributed by atoms with Gasteiger partial charge < -0.3 is 20.5 Å². The SMILES string of the molecule is CC[C@H](CC(=O)NCc1nc(CC(=O)O)cs1)NC(=O)OCC1c2ccccc2-c2ccccc21. The highest BCUT2D eigenvalue weighted by Gasteiger charge is 2.29. The fraction of sp³-hybridized carbons (Fsp3) is 0.308. The number of ether oxygens (including phenoxy) is 1. The molecule has 0 spiro atoms. The number of nitrogens with zero attached hydrogens (tertiary/aromatic N) is 1. The van der Waals surface area contributed by atoms with Gasteiger partial charge in [-0.25, -0.2) is 9.78 Å². The molecular weight excluding hydrogens is 466 g/mol. The molecule has 0 aliphatic heterocycles. The van der Waals surface area contributed by atoms with E-state index in [0.717, 1.165) is 22.3 Å². The molecule has 3 aromatic rings. The Balaban J connectivity index is 1.26. The molecule has 2 amide bonds. The maximum absolute atomic E-state index is 12.5. The van der Waals surface area contributed by atoms with E-state index in [-0.39, 0.29) is 43.9 Å². The first kappa shape index (κ1) is 24.4. The van der Waals surface area contributed by atoms with Crippen LogP contribution >= 0.6 is 11.3 Å². The number of aliphatic carboxylic acids is 1. The predicted octanol–water partition coefficient (Wildman–Crippen LogP) is 4.09. The van der Waals surface area contributed by atoms with E-state index in [4.69, 9.17) is 9.84 Å². The molecule has 1 aliphatic rings. The Morgan fingerprint density at radius 2 is 1.74 bits per heavy atom. The Labute approximate surface area is 207 Å². The molecule has 4 rings (SSSR count). The van der Waals surface area contributed by atoms with Crippen LogP contribution < -0.4 is 10.6 Å². The van der Waals surface area contributed by atoms with Gasteiger partial charge in [0, 0.05) is 23.8 Å². The van der Waals surface area contributed by atoms with Gasteiger partial charge in [-0.2, -0.15) is 0 Å². The molecule has 35 heavy (non-hydrogen) atoms. The lowest BCUT2D eigenvalue weighted by Crippen LogP contribution is -2.39. The molecule has 182 valence electrons. The molecule has 1 aromatic heterocycles. The lowest BCUT2D eigenvalue weighted by molar-refractivity contribution is -0.136. The molecule has 1 heterocycles. The maximum Gasteiger partial charge on any atom is 0.407 e. The van der Waals surface area contributed by atoms with E-state index < -0.39 is 12.1 Å². The van der Waals surface area contributed by atoms with Gasteiger partial charge in [0.05, 0.1) is 18.7 Å². The average molecular weight is 494 g/mol. The Hall–Kier alpha value is -3.72. The van der Waals surface area contributed by atoms with Gasteiger partial charge in [-0.05, 0) is 28.7 Å².